The molecule has 1 atom stereocenters. The van der Waals surface area contributed by atoms with Crippen LogP contribution in [0.15, 0.2) is 4.21 Å². The van der Waals surface area contributed by atoms with Crippen molar-refractivity contribution < 1.29 is 28.1 Å². The number of esters is 2. The minimum Gasteiger partial charge on any atom is -0.465 e. The molecule has 2 rings (SSSR count). The molecule has 126 valence electrons. The molecule has 0 radical (unpaired) electrons. The minimum absolute atomic E-state index is 0.134. The van der Waals surface area contributed by atoms with Gasteiger partial charge in [0, 0.05) is 12.0 Å². The van der Waals surface area contributed by atoms with Gasteiger partial charge < -0.3 is 9.47 Å². The summed E-state index contributed by atoms with van der Waals surface area (Å²) in [5, 5.41) is 0. The summed E-state index contributed by atoms with van der Waals surface area (Å²) >= 11 is 0.992. The van der Waals surface area contributed by atoms with E-state index in [9.17, 15) is 18.6 Å². The highest BCUT2D eigenvalue weighted by Gasteiger charge is 2.32. The first-order chi connectivity index (χ1) is 11.0. The zero-order valence-corrected chi connectivity index (χ0v) is 14.6. The summed E-state index contributed by atoms with van der Waals surface area (Å²) in [4.78, 5) is 36.1. The Hall–Kier alpha value is -1.54. The maximum absolute atomic E-state index is 12.5. The number of hydrogen-bond donors (Lipinski definition) is 0. The molecule has 0 fully saturated rings. The number of ether oxygens (including phenoxy) is 2. The Balaban J connectivity index is 2.39. The number of ketones is 1. The van der Waals surface area contributed by atoms with Gasteiger partial charge in [-0.1, -0.05) is 0 Å². The molecule has 1 aliphatic carbocycles. The summed E-state index contributed by atoms with van der Waals surface area (Å²) in [7, 11) is -1.71. The van der Waals surface area contributed by atoms with Crippen molar-refractivity contribution in [3.8, 4) is 0 Å². The maximum Gasteiger partial charge on any atom is 0.348 e. The molecule has 0 saturated heterocycles. The van der Waals surface area contributed by atoms with Crippen molar-refractivity contribution in [3.63, 3.8) is 0 Å². The molecule has 0 bridgehead atoms. The molecule has 6 nitrogen and oxygen atoms in total. The molecule has 1 aliphatic rings. The van der Waals surface area contributed by atoms with Gasteiger partial charge in [0.25, 0.3) is 0 Å². The molecule has 0 unspecified atom stereocenters. The van der Waals surface area contributed by atoms with Gasteiger partial charge in [0.05, 0.1) is 24.0 Å². The second-order valence-electron chi connectivity index (χ2n) is 4.86. The number of thiophene rings is 1. The SMILES string of the molecule is CCOC(=O)C[S@@](=O)c1sc(C(=O)OCC)c2c1C(=O)CCC2. The summed E-state index contributed by atoms with van der Waals surface area (Å²) in [5.41, 5.74) is 0.948. The van der Waals surface area contributed by atoms with E-state index in [1.807, 2.05) is 0 Å². The zero-order chi connectivity index (χ0) is 17.0. The van der Waals surface area contributed by atoms with Crippen LogP contribution >= 0.6 is 11.3 Å². The Morgan fingerprint density at radius 3 is 2.52 bits per heavy atom. The molecule has 1 aromatic rings. The van der Waals surface area contributed by atoms with E-state index in [1.54, 1.807) is 13.8 Å². The Bertz CT molecular complexity index is 661. The van der Waals surface area contributed by atoms with Gasteiger partial charge in [-0.25, -0.2) is 4.79 Å². The first kappa shape index (κ1) is 17.8. The van der Waals surface area contributed by atoms with E-state index in [2.05, 4.69) is 0 Å². The van der Waals surface area contributed by atoms with Gasteiger partial charge in [0.15, 0.2) is 5.78 Å². The monoisotopic (exact) mass is 358 g/mol. The van der Waals surface area contributed by atoms with Gasteiger partial charge in [0.2, 0.25) is 0 Å². The predicted octanol–water partition coefficient (Wildman–Crippen LogP) is 2.11. The van der Waals surface area contributed by atoms with Crippen molar-refractivity contribution >= 4 is 39.9 Å². The quantitative estimate of drug-likeness (QED) is 0.724. The summed E-state index contributed by atoms with van der Waals surface area (Å²) in [6.07, 6.45) is 1.58. The lowest BCUT2D eigenvalue weighted by Gasteiger charge is -2.12. The van der Waals surface area contributed by atoms with Crippen LogP contribution in [0.3, 0.4) is 0 Å². The van der Waals surface area contributed by atoms with Gasteiger partial charge in [-0.3, -0.25) is 13.8 Å². The van der Waals surface area contributed by atoms with E-state index in [1.165, 1.54) is 0 Å². The average Bonchev–Trinajstić information content (AvgIpc) is 2.89. The van der Waals surface area contributed by atoms with Gasteiger partial charge in [0.1, 0.15) is 14.8 Å². The Morgan fingerprint density at radius 2 is 1.87 bits per heavy atom. The number of rotatable bonds is 6. The van der Waals surface area contributed by atoms with Crippen LogP contribution in [-0.4, -0.2) is 40.9 Å². The van der Waals surface area contributed by atoms with Crippen LogP contribution in [0.4, 0.5) is 0 Å². The predicted molar refractivity (Wildman–Crippen MR) is 85.5 cm³/mol. The highest BCUT2D eigenvalue weighted by Crippen LogP contribution is 2.37. The molecule has 8 heteroatoms. The van der Waals surface area contributed by atoms with Crippen LogP contribution in [0.5, 0.6) is 0 Å². The van der Waals surface area contributed by atoms with Gasteiger partial charge in [-0.2, -0.15) is 0 Å². The number of hydrogen-bond acceptors (Lipinski definition) is 7. The Labute approximate surface area is 140 Å². The van der Waals surface area contributed by atoms with Crippen LogP contribution in [0.2, 0.25) is 0 Å². The number of Topliss-reactive ketones (excluding diaryl/α,β-unsaturated/α-hetero) is 1. The highest BCUT2D eigenvalue weighted by atomic mass is 32.2. The molecule has 1 heterocycles. The van der Waals surface area contributed by atoms with Crippen molar-refractivity contribution in [2.24, 2.45) is 0 Å². The lowest BCUT2D eigenvalue weighted by Crippen LogP contribution is -2.17. The van der Waals surface area contributed by atoms with Crippen LogP contribution in [0.1, 0.15) is 52.3 Å². The molecule has 0 spiro atoms. The Kier molecular flexibility index (Phi) is 6.06. The molecular weight excluding hydrogens is 340 g/mol. The number of carbonyl (C=O) groups excluding carboxylic acids is 3. The normalized spacial score (nSPS) is 15.0. The molecule has 23 heavy (non-hydrogen) atoms. The topological polar surface area (TPSA) is 86.7 Å². The molecule has 0 aliphatic heterocycles. The standard InChI is InChI=1S/C15H18O6S2/c1-3-20-11(17)8-23(19)15-12-9(6-5-7-10(12)16)13(22-15)14(18)21-4-2/h3-8H2,1-2H3/t23-/m1/s1. The zero-order valence-electron chi connectivity index (χ0n) is 13.0. The van der Waals surface area contributed by atoms with E-state index in [-0.39, 0.29) is 29.0 Å². The van der Waals surface area contributed by atoms with E-state index in [0.29, 0.717) is 35.3 Å². The van der Waals surface area contributed by atoms with E-state index in [0.717, 1.165) is 11.3 Å². The maximum atomic E-state index is 12.5. The van der Waals surface area contributed by atoms with E-state index in [4.69, 9.17) is 9.47 Å². The van der Waals surface area contributed by atoms with Gasteiger partial charge >= 0.3 is 11.9 Å². The fourth-order valence-corrected chi connectivity index (χ4v) is 5.10. The Morgan fingerprint density at radius 1 is 1.17 bits per heavy atom. The van der Waals surface area contributed by atoms with Crippen molar-refractivity contribution in [1.82, 2.24) is 0 Å². The molecule has 0 N–H and O–H groups in total. The largest absolute Gasteiger partial charge is 0.465 e. The van der Waals surface area contributed by atoms with Crippen molar-refractivity contribution in [2.45, 2.75) is 37.3 Å². The van der Waals surface area contributed by atoms with Crippen LogP contribution in [0, 0.1) is 0 Å². The molecule has 1 aromatic heterocycles. The lowest BCUT2D eigenvalue weighted by molar-refractivity contribution is -0.139. The van der Waals surface area contributed by atoms with Gasteiger partial charge in [-0.15, -0.1) is 11.3 Å². The fraction of sp³-hybridized carbons (Fsp3) is 0.533. The summed E-state index contributed by atoms with van der Waals surface area (Å²) in [6.45, 7) is 3.78. The van der Waals surface area contributed by atoms with Gasteiger partial charge in [-0.05, 0) is 32.3 Å². The fourth-order valence-electron chi connectivity index (χ4n) is 2.41. The third-order valence-corrected chi connectivity index (χ3v) is 6.24. The third kappa shape index (κ3) is 3.87. The minimum atomic E-state index is -1.71. The summed E-state index contributed by atoms with van der Waals surface area (Å²) in [5.74, 6) is -1.56. The van der Waals surface area contributed by atoms with Crippen molar-refractivity contribution in [1.29, 1.82) is 0 Å². The van der Waals surface area contributed by atoms with Crippen LogP contribution in [-0.2, 0) is 31.5 Å². The molecule has 0 saturated carbocycles. The van der Waals surface area contributed by atoms with Crippen molar-refractivity contribution in [2.75, 3.05) is 19.0 Å². The molecule has 0 aromatic carbocycles. The first-order valence-electron chi connectivity index (χ1n) is 7.39. The highest BCUT2D eigenvalue weighted by molar-refractivity contribution is 7.88. The van der Waals surface area contributed by atoms with E-state index >= 15 is 0 Å². The second kappa shape index (κ2) is 7.83. The molecule has 0 amide bonds. The third-order valence-electron chi connectivity index (χ3n) is 3.31. The van der Waals surface area contributed by atoms with E-state index < -0.39 is 22.7 Å². The second-order valence-corrected chi connectivity index (χ2v) is 7.53. The van der Waals surface area contributed by atoms with Crippen molar-refractivity contribution in [3.05, 3.63) is 16.0 Å². The first-order valence-corrected chi connectivity index (χ1v) is 9.53. The summed E-state index contributed by atoms with van der Waals surface area (Å²) in [6, 6.07) is 0. The molecular formula is C15H18O6S2. The van der Waals surface area contributed by atoms with Crippen LogP contribution in [0.25, 0.3) is 0 Å². The lowest BCUT2D eigenvalue weighted by atomic mass is 9.93. The van der Waals surface area contributed by atoms with Crippen LogP contribution < -0.4 is 0 Å². The smallest absolute Gasteiger partial charge is 0.348 e. The number of fused-ring (bicyclic) bond motifs is 1. The summed E-state index contributed by atoms with van der Waals surface area (Å²) < 4.78 is 22.5. The number of carbonyl (C=O) groups is 3. The average molecular weight is 358 g/mol.